The van der Waals surface area contributed by atoms with Gasteiger partial charge in [-0.05, 0) is 39.1 Å². The summed E-state index contributed by atoms with van der Waals surface area (Å²) in [6.45, 7) is 8.16. The summed E-state index contributed by atoms with van der Waals surface area (Å²) in [5.74, 6) is 0.674. The van der Waals surface area contributed by atoms with Gasteiger partial charge in [0, 0.05) is 50.2 Å². The third kappa shape index (κ3) is 4.06. The van der Waals surface area contributed by atoms with Crippen LogP contribution in [0.25, 0.3) is 44.8 Å². The van der Waals surface area contributed by atoms with E-state index in [1.54, 1.807) is 0 Å². The Labute approximate surface area is 202 Å². The first-order valence-corrected chi connectivity index (χ1v) is 11.9. The van der Waals surface area contributed by atoms with Crippen molar-refractivity contribution < 1.29 is 0 Å². The van der Waals surface area contributed by atoms with Crippen LogP contribution in [0.5, 0.6) is 0 Å². The number of imidazole rings is 1. The van der Waals surface area contributed by atoms with Gasteiger partial charge >= 0.3 is 0 Å². The van der Waals surface area contributed by atoms with Crippen molar-refractivity contribution in [2.45, 2.75) is 19.9 Å². The van der Waals surface area contributed by atoms with E-state index >= 15 is 0 Å². The van der Waals surface area contributed by atoms with Crippen LogP contribution in [0.2, 0.25) is 0 Å². The van der Waals surface area contributed by atoms with Gasteiger partial charge in [-0.15, -0.1) is 0 Å². The fraction of sp³-hybridized carbons (Fsp3) is 0.320. The normalized spacial score (nSPS) is 14.9. The van der Waals surface area contributed by atoms with Crippen molar-refractivity contribution in [3.8, 4) is 22.8 Å². The van der Waals surface area contributed by atoms with E-state index in [-0.39, 0.29) is 0 Å². The van der Waals surface area contributed by atoms with Gasteiger partial charge in [-0.2, -0.15) is 5.10 Å². The monoisotopic (exact) mass is 468 g/mol. The third-order valence-electron chi connectivity index (χ3n) is 6.34. The molecule has 1 aliphatic heterocycles. The summed E-state index contributed by atoms with van der Waals surface area (Å²) in [6, 6.07) is 6.36. The van der Waals surface area contributed by atoms with Crippen molar-refractivity contribution in [2.75, 3.05) is 43.4 Å². The molecular weight excluding hydrogens is 440 g/mol. The van der Waals surface area contributed by atoms with Gasteiger partial charge in [0.05, 0.1) is 40.5 Å². The lowest BCUT2D eigenvalue weighted by Gasteiger charge is -2.33. The van der Waals surface area contributed by atoms with Gasteiger partial charge < -0.3 is 20.1 Å². The molecular formula is C25H28N10. The molecule has 3 N–H and O–H groups in total. The number of rotatable bonds is 5. The minimum atomic E-state index is 0.321. The van der Waals surface area contributed by atoms with E-state index in [2.05, 4.69) is 67.2 Å². The number of H-pyrrole nitrogens is 2. The second kappa shape index (κ2) is 8.62. The molecule has 0 aromatic carbocycles. The maximum Gasteiger partial charge on any atom is 0.161 e. The van der Waals surface area contributed by atoms with E-state index < -0.39 is 0 Å². The summed E-state index contributed by atoms with van der Waals surface area (Å²) in [7, 11) is 2.15. The molecule has 5 aromatic rings. The number of aromatic amines is 2. The number of anilines is 2. The van der Waals surface area contributed by atoms with E-state index in [0.717, 1.165) is 70.9 Å². The smallest absolute Gasteiger partial charge is 0.161 e. The number of hydrogen-bond donors (Lipinski definition) is 3. The van der Waals surface area contributed by atoms with Crippen molar-refractivity contribution >= 4 is 33.4 Å². The number of hydrogen-bond acceptors (Lipinski definition) is 8. The number of nitrogens with zero attached hydrogens (tertiary/aromatic N) is 7. The molecule has 1 fully saturated rings. The van der Waals surface area contributed by atoms with Gasteiger partial charge in [-0.25, -0.2) is 9.97 Å². The molecule has 6 heterocycles. The minimum Gasteiger partial charge on any atom is -0.382 e. The highest BCUT2D eigenvalue weighted by Crippen LogP contribution is 2.31. The fourth-order valence-electron chi connectivity index (χ4n) is 4.53. The Hall–Kier alpha value is -4.05. The molecule has 0 spiro atoms. The van der Waals surface area contributed by atoms with Crippen molar-refractivity contribution in [2.24, 2.45) is 0 Å². The van der Waals surface area contributed by atoms with Crippen molar-refractivity contribution in [3.05, 3.63) is 43.0 Å². The number of piperazine rings is 1. The van der Waals surface area contributed by atoms with Gasteiger partial charge in [-0.1, -0.05) is 0 Å². The predicted molar refractivity (Wildman–Crippen MR) is 138 cm³/mol. The lowest BCUT2D eigenvalue weighted by atomic mass is 10.1. The molecule has 0 bridgehead atoms. The van der Waals surface area contributed by atoms with E-state index in [1.807, 2.05) is 36.9 Å². The zero-order chi connectivity index (χ0) is 23.9. The molecule has 10 heteroatoms. The first-order valence-electron chi connectivity index (χ1n) is 11.9. The summed E-state index contributed by atoms with van der Waals surface area (Å²) >= 11 is 0. The first kappa shape index (κ1) is 21.5. The average Bonchev–Trinajstić information content (AvgIpc) is 3.48. The molecule has 5 aromatic heterocycles. The minimum absolute atomic E-state index is 0.321. The third-order valence-corrected chi connectivity index (χ3v) is 6.34. The molecule has 0 unspecified atom stereocenters. The van der Waals surface area contributed by atoms with Crippen molar-refractivity contribution in [1.82, 2.24) is 40.0 Å². The Bertz CT molecular complexity index is 1490. The molecule has 0 amide bonds. The molecule has 0 radical (unpaired) electrons. The predicted octanol–water partition coefficient (Wildman–Crippen LogP) is 3.53. The second-order valence-corrected chi connectivity index (χ2v) is 9.36. The lowest BCUT2D eigenvalue weighted by molar-refractivity contribution is 0.313. The maximum absolute atomic E-state index is 4.95. The zero-order valence-corrected chi connectivity index (χ0v) is 20.1. The molecule has 0 aliphatic carbocycles. The van der Waals surface area contributed by atoms with Gasteiger partial charge in [0.2, 0.25) is 0 Å². The number of likely N-dealkylation sites (N-methyl/N-ethyl adjacent to an activating group) is 1. The van der Waals surface area contributed by atoms with Crippen LogP contribution in [-0.4, -0.2) is 79.3 Å². The SMILES string of the molecule is CC(C)Nc1cncc(-c2ccc3[nH]nc(-c4nc5c(N6CCN(C)CC6)cncc5[nH]4)c3n2)c1. The Balaban J connectivity index is 1.39. The number of fused-ring (bicyclic) bond motifs is 2. The van der Waals surface area contributed by atoms with Crippen LogP contribution in [0.4, 0.5) is 11.4 Å². The molecule has 1 saturated heterocycles. The standard InChI is InChI=1S/C25H28N10/c1-15(2)28-17-10-16(11-26-12-17)18-4-5-19-23(29-18)24(33-32-19)25-30-20-13-27-14-21(22(20)31-25)35-8-6-34(3)7-9-35/h4-5,10-15,28H,6-9H2,1-3H3,(H,30,31)(H,32,33). The molecule has 0 saturated carbocycles. The second-order valence-electron chi connectivity index (χ2n) is 9.36. The quantitative estimate of drug-likeness (QED) is 0.359. The molecule has 178 valence electrons. The van der Waals surface area contributed by atoms with E-state index in [9.17, 15) is 0 Å². The molecule has 10 nitrogen and oxygen atoms in total. The summed E-state index contributed by atoms with van der Waals surface area (Å²) in [6.07, 6.45) is 7.38. The summed E-state index contributed by atoms with van der Waals surface area (Å²) in [5, 5.41) is 11.1. The van der Waals surface area contributed by atoms with Crippen molar-refractivity contribution in [3.63, 3.8) is 0 Å². The Morgan fingerprint density at radius 1 is 0.914 bits per heavy atom. The molecule has 35 heavy (non-hydrogen) atoms. The fourth-order valence-corrected chi connectivity index (χ4v) is 4.53. The van der Waals surface area contributed by atoms with E-state index in [4.69, 9.17) is 9.97 Å². The van der Waals surface area contributed by atoms with Gasteiger partial charge in [0.25, 0.3) is 0 Å². The molecule has 1 aliphatic rings. The Morgan fingerprint density at radius 3 is 2.57 bits per heavy atom. The molecule has 0 atom stereocenters. The topological polar surface area (TPSA) is 115 Å². The summed E-state index contributed by atoms with van der Waals surface area (Å²) in [5.41, 5.74) is 7.88. The summed E-state index contributed by atoms with van der Waals surface area (Å²) in [4.78, 5) is 26.8. The maximum atomic E-state index is 4.95. The number of nitrogens with one attached hydrogen (secondary N) is 3. The average molecular weight is 469 g/mol. The first-order chi connectivity index (χ1) is 17.0. The zero-order valence-electron chi connectivity index (χ0n) is 20.1. The van der Waals surface area contributed by atoms with Crippen LogP contribution in [-0.2, 0) is 0 Å². The van der Waals surface area contributed by atoms with Crippen LogP contribution in [0, 0.1) is 0 Å². The van der Waals surface area contributed by atoms with Gasteiger partial charge in [0.15, 0.2) is 11.5 Å². The molecule has 6 rings (SSSR count). The van der Waals surface area contributed by atoms with Crippen molar-refractivity contribution in [1.29, 1.82) is 0 Å². The van der Waals surface area contributed by atoms with Crippen LogP contribution in [0.15, 0.2) is 43.0 Å². The highest BCUT2D eigenvalue weighted by Gasteiger charge is 2.21. The highest BCUT2D eigenvalue weighted by atomic mass is 15.3. The van der Waals surface area contributed by atoms with Crippen LogP contribution >= 0.6 is 0 Å². The number of pyridine rings is 3. The van der Waals surface area contributed by atoms with Gasteiger partial charge in [-0.3, -0.25) is 15.1 Å². The van der Waals surface area contributed by atoms with E-state index in [1.165, 1.54) is 0 Å². The van der Waals surface area contributed by atoms with Crippen LogP contribution < -0.4 is 10.2 Å². The lowest BCUT2D eigenvalue weighted by Crippen LogP contribution is -2.44. The van der Waals surface area contributed by atoms with Gasteiger partial charge in [0.1, 0.15) is 11.0 Å². The van der Waals surface area contributed by atoms with Crippen LogP contribution in [0.1, 0.15) is 13.8 Å². The van der Waals surface area contributed by atoms with Crippen LogP contribution in [0.3, 0.4) is 0 Å². The van der Waals surface area contributed by atoms with E-state index in [0.29, 0.717) is 17.6 Å². The Kier molecular flexibility index (Phi) is 5.29. The highest BCUT2D eigenvalue weighted by molar-refractivity contribution is 5.94. The Morgan fingerprint density at radius 2 is 1.74 bits per heavy atom. The summed E-state index contributed by atoms with van der Waals surface area (Å²) < 4.78 is 0. The number of aromatic nitrogens is 7. The largest absolute Gasteiger partial charge is 0.382 e.